The molecule has 0 radical (unpaired) electrons. The lowest BCUT2D eigenvalue weighted by atomic mass is 9.81. The lowest BCUT2D eigenvalue weighted by Gasteiger charge is -2.22. The lowest BCUT2D eigenvalue weighted by Crippen LogP contribution is -2.00. The first-order chi connectivity index (χ1) is 35.2. The van der Waals surface area contributed by atoms with E-state index in [1.807, 2.05) is 0 Å². The molecule has 71 heavy (non-hydrogen) atoms. The second-order valence-electron chi connectivity index (χ2n) is 19.2. The van der Waals surface area contributed by atoms with Crippen molar-refractivity contribution in [2.75, 3.05) is 0 Å². The number of hydrogen-bond acceptors (Lipinski definition) is 1. The van der Waals surface area contributed by atoms with E-state index in [2.05, 4.69) is 253 Å². The maximum Gasteiger partial charge on any atom is 0.145 e. The number of benzene rings is 9. The van der Waals surface area contributed by atoms with E-state index in [-0.39, 0.29) is 0 Å². The van der Waals surface area contributed by atoms with Crippen LogP contribution in [0.2, 0.25) is 0 Å². The van der Waals surface area contributed by atoms with Crippen LogP contribution in [0.4, 0.5) is 0 Å². The molecule has 0 saturated heterocycles. The number of nitrogens with zero attached hydrogens (tertiary/aromatic N) is 2. The highest BCUT2D eigenvalue weighted by Gasteiger charge is 2.22. The van der Waals surface area contributed by atoms with Crippen molar-refractivity contribution in [3.8, 4) is 67.0 Å². The molecule has 1 unspecified atom stereocenters. The second kappa shape index (κ2) is 18.4. The summed E-state index contributed by atoms with van der Waals surface area (Å²) >= 11 is 0. The average molecular weight is 909 g/mol. The van der Waals surface area contributed by atoms with Crippen molar-refractivity contribution in [2.45, 2.75) is 38.0 Å². The van der Waals surface area contributed by atoms with Crippen molar-refractivity contribution in [3.05, 3.63) is 260 Å². The molecule has 0 aliphatic heterocycles. The molecule has 338 valence electrons. The zero-order valence-corrected chi connectivity index (χ0v) is 39.7. The Morgan fingerprint density at radius 2 is 0.972 bits per heavy atom. The number of allylic oxidation sites excluding steroid dienone is 12. The first-order valence-corrected chi connectivity index (χ1v) is 25.3. The molecular weight excluding hydrogens is 857 g/mol. The van der Waals surface area contributed by atoms with Crippen LogP contribution < -0.4 is 0 Å². The van der Waals surface area contributed by atoms with Gasteiger partial charge in [0.05, 0.1) is 11.0 Å². The minimum atomic E-state index is 0.295. The molecule has 2 nitrogen and oxygen atoms in total. The molecule has 3 aliphatic carbocycles. The summed E-state index contributed by atoms with van der Waals surface area (Å²) in [6.45, 7) is 0. The van der Waals surface area contributed by atoms with Crippen LogP contribution >= 0.6 is 0 Å². The van der Waals surface area contributed by atoms with Gasteiger partial charge in [-0.05, 0) is 175 Å². The van der Waals surface area contributed by atoms with Gasteiger partial charge in [0.15, 0.2) is 0 Å². The van der Waals surface area contributed by atoms with E-state index in [9.17, 15) is 0 Å². The van der Waals surface area contributed by atoms with Gasteiger partial charge in [-0.2, -0.15) is 0 Å². The third kappa shape index (κ3) is 8.02. The lowest BCUT2D eigenvalue weighted by molar-refractivity contribution is 0.854. The molecule has 0 saturated carbocycles. The monoisotopic (exact) mass is 908 g/mol. The van der Waals surface area contributed by atoms with Crippen LogP contribution in [-0.2, 0) is 0 Å². The number of hydrogen-bond donors (Lipinski definition) is 0. The van der Waals surface area contributed by atoms with Gasteiger partial charge in [-0.1, -0.05) is 200 Å². The van der Waals surface area contributed by atoms with Gasteiger partial charge < -0.3 is 0 Å². The molecule has 9 aromatic carbocycles. The summed E-state index contributed by atoms with van der Waals surface area (Å²) in [5.74, 6) is 1.25. The summed E-state index contributed by atoms with van der Waals surface area (Å²) < 4.78 is 2.32. The second-order valence-corrected chi connectivity index (χ2v) is 19.2. The van der Waals surface area contributed by atoms with Gasteiger partial charge in [0.25, 0.3) is 0 Å². The van der Waals surface area contributed by atoms with Gasteiger partial charge in [-0.25, -0.2) is 4.98 Å². The molecule has 13 rings (SSSR count). The molecule has 0 bridgehead atoms. The fourth-order valence-corrected chi connectivity index (χ4v) is 11.2. The fourth-order valence-electron chi connectivity index (χ4n) is 11.2. The smallest absolute Gasteiger partial charge is 0.145 e. The Morgan fingerprint density at radius 1 is 0.394 bits per heavy atom. The Hall–Kier alpha value is -8.59. The summed E-state index contributed by atoms with van der Waals surface area (Å²) in [6, 6.07) is 70.2. The van der Waals surface area contributed by atoms with Crippen molar-refractivity contribution >= 4 is 43.8 Å². The zero-order chi connectivity index (χ0) is 47.1. The number of para-hydroxylation sites is 2. The Morgan fingerprint density at radius 3 is 1.68 bits per heavy atom. The van der Waals surface area contributed by atoms with E-state index in [0.29, 0.717) is 5.92 Å². The molecule has 2 heteroatoms. The van der Waals surface area contributed by atoms with Crippen LogP contribution in [-0.4, -0.2) is 9.55 Å². The molecule has 3 aliphatic rings. The first kappa shape index (κ1) is 42.5. The average Bonchev–Trinajstić information content (AvgIpc) is 3.85. The predicted octanol–water partition coefficient (Wildman–Crippen LogP) is 18.9. The Kier molecular flexibility index (Phi) is 11.0. The number of fused-ring (bicyclic) bond motifs is 3. The zero-order valence-electron chi connectivity index (χ0n) is 39.7. The van der Waals surface area contributed by atoms with Crippen molar-refractivity contribution in [1.29, 1.82) is 0 Å². The Bertz CT molecular complexity index is 3870. The van der Waals surface area contributed by atoms with E-state index in [1.54, 1.807) is 0 Å². The SMILES string of the molecule is C1=CCC(c2cc(-c3ccccc3)cc(-c3c4ccccc4c(-c4cc(C5=CCCC=C5)cc(-c5ccccc5)c4)c4cc(-c5ccc(-c6nc7ccccc7n6C6=CCCC=C6)cc5)ccc34)c2)C=C1. The van der Waals surface area contributed by atoms with Crippen molar-refractivity contribution in [1.82, 2.24) is 9.55 Å². The van der Waals surface area contributed by atoms with Gasteiger partial charge in [0.1, 0.15) is 5.82 Å². The van der Waals surface area contributed by atoms with Gasteiger partial charge in [-0.3, -0.25) is 4.57 Å². The van der Waals surface area contributed by atoms with Gasteiger partial charge >= 0.3 is 0 Å². The topological polar surface area (TPSA) is 17.8 Å². The molecule has 0 fully saturated rings. The molecule has 0 N–H and O–H groups in total. The largest absolute Gasteiger partial charge is 0.293 e. The Balaban J connectivity index is 1.05. The minimum Gasteiger partial charge on any atom is -0.293 e. The molecule has 1 heterocycles. The van der Waals surface area contributed by atoms with Crippen molar-refractivity contribution < 1.29 is 0 Å². The summed E-state index contributed by atoms with van der Waals surface area (Å²) in [6.07, 6.45) is 28.1. The third-order valence-electron chi connectivity index (χ3n) is 14.7. The maximum atomic E-state index is 5.22. The summed E-state index contributed by atoms with van der Waals surface area (Å²) in [7, 11) is 0. The quantitative estimate of drug-likeness (QED) is 0.132. The van der Waals surface area contributed by atoms with E-state index in [4.69, 9.17) is 4.98 Å². The molecule has 0 amide bonds. The number of rotatable bonds is 9. The number of imidazole rings is 1. The minimum absolute atomic E-state index is 0.295. The molecule has 1 aromatic heterocycles. The van der Waals surface area contributed by atoms with E-state index in [1.165, 1.54) is 94.0 Å². The highest BCUT2D eigenvalue weighted by atomic mass is 15.1. The van der Waals surface area contributed by atoms with Crippen molar-refractivity contribution in [2.24, 2.45) is 0 Å². The predicted molar refractivity (Wildman–Crippen MR) is 302 cm³/mol. The highest BCUT2D eigenvalue weighted by molar-refractivity contribution is 6.22. The van der Waals surface area contributed by atoms with Gasteiger partial charge in [0.2, 0.25) is 0 Å². The van der Waals surface area contributed by atoms with Crippen LogP contribution in [0.15, 0.2) is 249 Å². The van der Waals surface area contributed by atoms with Gasteiger partial charge in [0, 0.05) is 17.2 Å². The standard InChI is InChI=1S/C69H52N2/c1-6-20-47(21-7-1)54-40-55(48-22-8-2-9-23-48)43-58(42-54)67-61-30-16-17-31-62(61)68(59-44-56(49-24-10-3-11-25-49)41-57(45-59)50-26-12-4-13-27-50)64-46-53(38-39-63(64)67)51-34-36-52(37-35-51)69-70-65-32-18-19-33-66(65)71(69)60-28-14-5-15-29-60/h1-3,6-12,14,16-22,24-46,48H,4-5,13,15,23H2. The molecule has 0 spiro atoms. The van der Waals surface area contributed by atoms with E-state index >= 15 is 0 Å². The van der Waals surface area contributed by atoms with Crippen LogP contribution in [0.5, 0.6) is 0 Å². The van der Waals surface area contributed by atoms with Crippen LogP contribution in [0.3, 0.4) is 0 Å². The summed E-state index contributed by atoms with van der Waals surface area (Å²) in [4.78, 5) is 5.22. The molecule has 1 atom stereocenters. The highest BCUT2D eigenvalue weighted by Crippen LogP contribution is 2.48. The molecule has 10 aromatic rings. The maximum absolute atomic E-state index is 5.22. The van der Waals surface area contributed by atoms with Crippen LogP contribution in [0.1, 0.15) is 49.1 Å². The fraction of sp³-hybridized carbons (Fsp3) is 0.0870. The normalized spacial score (nSPS) is 15.4. The summed E-state index contributed by atoms with van der Waals surface area (Å²) in [5.41, 5.74) is 20.4. The first-order valence-electron chi connectivity index (χ1n) is 25.3. The van der Waals surface area contributed by atoms with Crippen LogP contribution in [0, 0.1) is 0 Å². The third-order valence-corrected chi connectivity index (χ3v) is 14.7. The number of aromatic nitrogens is 2. The van der Waals surface area contributed by atoms with E-state index < -0.39 is 0 Å². The van der Waals surface area contributed by atoms with Crippen molar-refractivity contribution in [3.63, 3.8) is 0 Å². The van der Waals surface area contributed by atoms with Crippen LogP contribution in [0.25, 0.3) is 111 Å². The van der Waals surface area contributed by atoms with Gasteiger partial charge in [-0.15, -0.1) is 0 Å². The van der Waals surface area contributed by atoms with E-state index in [0.717, 1.165) is 60.1 Å². The Labute approximate surface area is 416 Å². The molecular formula is C69H52N2. The summed E-state index contributed by atoms with van der Waals surface area (Å²) in [5, 5.41) is 4.95.